The fourth-order valence-corrected chi connectivity index (χ4v) is 3.66. The molecule has 0 radical (unpaired) electrons. The summed E-state index contributed by atoms with van der Waals surface area (Å²) in [5.74, 6) is 0.694. The van der Waals surface area contributed by atoms with Crippen molar-refractivity contribution in [3.05, 3.63) is 94.4 Å². The van der Waals surface area contributed by atoms with Crippen molar-refractivity contribution < 1.29 is 22.7 Å². The Hall–Kier alpha value is -4.08. The fraction of sp³-hybridized carbons (Fsp3) is 0.240. The monoisotopic (exact) mass is 484 g/mol. The lowest BCUT2D eigenvalue weighted by Crippen LogP contribution is -2.34. The van der Waals surface area contributed by atoms with Crippen molar-refractivity contribution >= 4 is 17.4 Å². The number of halogens is 3. The molecule has 35 heavy (non-hydrogen) atoms. The van der Waals surface area contributed by atoms with E-state index in [0.717, 1.165) is 18.6 Å². The molecule has 4 rings (SSSR count). The second-order valence-electron chi connectivity index (χ2n) is 7.91. The second kappa shape index (κ2) is 10.0. The number of urea groups is 1. The molecule has 1 unspecified atom stereocenters. The standard InChI is InChI=1S/C25H23F3N4O3/c1-2-15-35-20-12-6-17(7-13-20)23-21(31-14-4-3-5-22(31)33)16-32(30-23)24(34)29-19-10-8-18(9-11-19)25(26,27)28/h3-14,21H,2,15-16H2,1H3,(H,29,34). The summed E-state index contributed by atoms with van der Waals surface area (Å²) in [6, 6.07) is 14.9. The maximum Gasteiger partial charge on any atom is 0.416 e. The maximum absolute atomic E-state index is 12.9. The average molecular weight is 484 g/mol. The lowest BCUT2D eigenvalue weighted by molar-refractivity contribution is -0.137. The summed E-state index contributed by atoms with van der Waals surface area (Å²) in [5.41, 5.74) is 0.338. The summed E-state index contributed by atoms with van der Waals surface area (Å²) in [5, 5.41) is 8.18. The predicted molar refractivity (Wildman–Crippen MR) is 126 cm³/mol. The van der Waals surface area contributed by atoms with Gasteiger partial charge in [0.2, 0.25) is 0 Å². The molecule has 1 N–H and O–H groups in total. The molecule has 0 spiro atoms. The van der Waals surface area contributed by atoms with Gasteiger partial charge in [-0.3, -0.25) is 4.79 Å². The number of carbonyl (C=O) groups excluding carboxylic acids is 1. The van der Waals surface area contributed by atoms with Crippen LogP contribution in [0.2, 0.25) is 0 Å². The molecule has 1 aliphatic heterocycles. The van der Waals surface area contributed by atoms with Crippen LogP contribution < -0.4 is 15.6 Å². The number of nitrogens with one attached hydrogen (secondary N) is 1. The molecule has 2 heterocycles. The first-order valence-electron chi connectivity index (χ1n) is 11.0. The summed E-state index contributed by atoms with van der Waals surface area (Å²) >= 11 is 0. The van der Waals surface area contributed by atoms with Crippen LogP contribution in [0.4, 0.5) is 23.7 Å². The molecule has 182 valence electrons. The number of rotatable bonds is 6. The van der Waals surface area contributed by atoms with Gasteiger partial charge in [-0.25, -0.2) is 9.80 Å². The smallest absolute Gasteiger partial charge is 0.416 e. The van der Waals surface area contributed by atoms with Crippen LogP contribution in [0.5, 0.6) is 5.75 Å². The third-order valence-corrected chi connectivity index (χ3v) is 5.40. The zero-order valence-corrected chi connectivity index (χ0v) is 18.8. The largest absolute Gasteiger partial charge is 0.494 e. The minimum atomic E-state index is -4.47. The van der Waals surface area contributed by atoms with E-state index in [1.54, 1.807) is 30.5 Å². The Balaban J connectivity index is 1.59. The van der Waals surface area contributed by atoms with Crippen molar-refractivity contribution in [2.75, 3.05) is 18.5 Å². The van der Waals surface area contributed by atoms with Crippen LogP contribution in [-0.4, -0.2) is 34.5 Å². The Bertz CT molecular complexity index is 1270. The molecule has 7 nitrogen and oxygen atoms in total. The van der Waals surface area contributed by atoms with Gasteiger partial charge in [0.1, 0.15) is 11.8 Å². The van der Waals surface area contributed by atoms with E-state index in [4.69, 9.17) is 4.74 Å². The Morgan fingerprint density at radius 2 is 1.80 bits per heavy atom. The van der Waals surface area contributed by atoms with E-state index in [2.05, 4.69) is 10.4 Å². The van der Waals surface area contributed by atoms with Crippen molar-refractivity contribution in [3.63, 3.8) is 0 Å². The number of carbonyl (C=O) groups is 1. The molecular weight excluding hydrogens is 461 g/mol. The zero-order chi connectivity index (χ0) is 25.0. The van der Waals surface area contributed by atoms with Gasteiger partial charge in [-0.2, -0.15) is 18.3 Å². The number of hydrogen-bond donors (Lipinski definition) is 1. The Morgan fingerprint density at radius 3 is 2.43 bits per heavy atom. The van der Waals surface area contributed by atoms with E-state index >= 15 is 0 Å². The van der Waals surface area contributed by atoms with Crippen LogP contribution in [0, 0.1) is 0 Å². The van der Waals surface area contributed by atoms with E-state index in [0.29, 0.717) is 23.6 Å². The lowest BCUT2D eigenvalue weighted by atomic mass is 10.0. The molecule has 0 saturated carbocycles. The summed E-state index contributed by atoms with van der Waals surface area (Å²) < 4.78 is 45.5. The number of hydrogen-bond acceptors (Lipinski definition) is 4. The van der Waals surface area contributed by atoms with Gasteiger partial charge < -0.3 is 14.6 Å². The Kier molecular flexibility index (Phi) is 6.90. The minimum absolute atomic E-state index is 0.0693. The first kappa shape index (κ1) is 24.1. The molecule has 0 bridgehead atoms. The quantitative estimate of drug-likeness (QED) is 0.526. The summed E-state index contributed by atoms with van der Waals surface area (Å²) in [6.07, 6.45) is -1.97. The van der Waals surface area contributed by atoms with Gasteiger partial charge in [0, 0.05) is 23.5 Å². The lowest BCUT2D eigenvalue weighted by Gasteiger charge is -2.18. The highest BCUT2D eigenvalue weighted by molar-refractivity contribution is 6.06. The van der Waals surface area contributed by atoms with Crippen LogP contribution >= 0.6 is 0 Å². The highest BCUT2D eigenvalue weighted by Crippen LogP contribution is 2.30. The van der Waals surface area contributed by atoms with E-state index < -0.39 is 23.8 Å². The highest BCUT2D eigenvalue weighted by Gasteiger charge is 2.33. The van der Waals surface area contributed by atoms with Gasteiger partial charge >= 0.3 is 12.2 Å². The van der Waals surface area contributed by atoms with E-state index in [1.807, 2.05) is 19.1 Å². The number of hydrazone groups is 1. The van der Waals surface area contributed by atoms with Crippen molar-refractivity contribution in [2.45, 2.75) is 25.6 Å². The van der Waals surface area contributed by atoms with E-state index in [-0.39, 0.29) is 17.8 Å². The molecular formula is C25H23F3N4O3. The minimum Gasteiger partial charge on any atom is -0.494 e. The van der Waals surface area contributed by atoms with Crippen molar-refractivity contribution in [3.8, 4) is 5.75 Å². The van der Waals surface area contributed by atoms with Gasteiger partial charge in [0.25, 0.3) is 5.56 Å². The number of alkyl halides is 3. The molecule has 0 saturated heterocycles. The number of nitrogens with zero attached hydrogens (tertiary/aromatic N) is 3. The molecule has 2 aromatic carbocycles. The SMILES string of the molecule is CCCOc1ccc(C2=NN(C(=O)Nc3ccc(C(F)(F)F)cc3)CC2n2ccccc2=O)cc1. The number of pyridine rings is 1. The molecule has 0 aliphatic carbocycles. The third kappa shape index (κ3) is 5.53. The molecule has 3 aromatic rings. The van der Waals surface area contributed by atoms with Gasteiger partial charge in [-0.1, -0.05) is 13.0 Å². The summed E-state index contributed by atoms with van der Waals surface area (Å²) in [6.45, 7) is 2.66. The van der Waals surface area contributed by atoms with Crippen LogP contribution in [0.15, 0.2) is 82.8 Å². The van der Waals surface area contributed by atoms with Crippen molar-refractivity contribution in [1.82, 2.24) is 9.58 Å². The van der Waals surface area contributed by atoms with Crippen molar-refractivity contribution in [1.29, 1.82) is 0 Å². The average Bonchev–Trinajstić information content (AvgIpc) is 3.28. The van der Waals surface area contributed by atoms with Crippen LogP contribution in [0.1, 0.15) is 30.5 Å². The molecule has 1 aromatic heterocycles. The van der Waals surface area contributed by atoms with Crippen LogP contribution in [0.25, 0.3) is 0 Å². The fourth-order valence-electron chi connectivity index (χ4n) is 3.66. The number of aromatic nitrogens is 1. The van der Waals surface area contributed by atoms with Crippen molar-refractivity contribution in [2.24, 2.45) is 5.10 Å². The first-order valence-corrected chi connectivity index (χ1v) is 11.0. The maximum atomic E-state index is 12.9. The van der Waals surface area contributed by atoms with Crippen LogP contribution in [-0.2, 0) is 6.18 Å². The second-order valence-corrected chi connectivity index (χ2v) is 7.91. The predicted octanol–water partition coefficient (Wildman–Crippen LogP) is 5.15. The molecule has 10 heteroatoms. The number of anilines is 1. The number of ether oxygens (including phenoxy) is 1. The molecule has 0 fully saturated rings. The molecule has 1 atom stereocenters. The normalized spacial score (nSPS) is 15.6. The summed E-state index contributed by atoms with van der Waals surface area (Å²) in [4.78, 5) is 25.4. The van der Waals surface area contributed by atoms with Crippen LogP contribution in [0.3, 0.4) is 0 Å². The summed E-state index contributed by atoms with van der Waals surface area (Å²) in [7, 11) is 0. The van der Waals surface area contributed by atoms with E-state index in [9.17, 15) is 22.8 Å². The number of benzene rings is 2. The first-order chi connectivity index (χ1) is 16.8. The van der Waals surface area contributed by atoms with Gasteiger partial charge in [0.15, 0.2) is 0 Å². The topological polar surface area (TPSA) is 75.9 Å². The highest BCUT2D eigenvalue weighted by atomic mass is 19.4. The van der Waals surface area contributed by atoms with Gasteiger partial charge in [-0.05, 0) is 61.0 Å². The Morgan fingerprint density at radius 1 is 1.09 bits per heavy atom. The number of amides is 2. The van der Waals surface area contributed by atoms with Gasteiger partial charge in [-0.15, -0.1) is 0 Å². The van der Waals surface area contributed by atoms with Gasteiger partial charge in [0.05, 0.1) is 24.4 Å². The molecule has 1 aliphatic rings. The van der Waals surface area contributed by atoms with E-state index in [1.165, 1.54) is 27.8 Å². The Labute approximate surface area is 199 Å². The third-order valence-electron chi connectivity index (χ3n) is 5.40. The zero-order valence-electron chi connectivity index (χ0n) is 18.8. The molecule has 2 amide bonds.